The molecule has 0 aliphatic carbocycles. The number of H-pyrrole nitrogens is 1. The molecule has 1 saturated heterocycles. The molecule has 4 heterocycles. The average molecular weight is 764 g/mol. The van der Waals surface area contributed by atoms with Gasteiger partial charge in [-0.25, -0.2) is 9.78 Å². The lowest BCUT2D eigenvalue weighted by molar-refractivity contribution is -0.134. The van der Waals surface area contributed by atoms with Crippen molar-refractivity contribution in [2.45, 2.75) is 71.5 Å². The van der Waals surface area contributed by atoms with Crippen molar-refractivity contribution in [2.75, 3.05) is 36.9 Å². The van der Waals surface area contributed by atoms with E-state index in [0.717, 1.165) is 53.5 Å². The fraction of sp³-hybridized carbons (Fsp3) is 0.500. The summed E-state index contributed by atoms with van der Waals surface area (Å²) in [6, 6.07) is 10.7. The Bertz CT molecular complexity index is 1820. The number of methoxy groups -OCH3 is 1. The first kappa shape index (κ1) is 38.4. The molecular formula is C38H49N7O6S2. The summed E-state index contributed by atoms with van der Waals surface area (Å²) < 4.78 is 17.4. The molecule has 53 heavy (non-hydrogen) atoms. The van der Waals surface area contributed by atoms with E-state index in [9.17, 15) is 14.4 Å². The molecule has 3 aromatic rings. The Balaban J connectivity index is 1.03. The number of hydrogen-bond acceptors (Lipinski definition) is 11. The summed E-state index contributed by atoms with van der Waals surface area (Å²) in [7, 11) is 1.30. The van der Waals surface area contributed by atoms with E-state index in [2.05, 4.69) is 39.8 Å². The maximum absolute atomic E-state index is 13.7. The number of carbonyl (C=O) groups excluding carboxylic acids is 3. The van der Waals surface area contributed by atoms with Crippen LogP contribution >= 0.6 is 23.5 Å². The van der Waals surface area contributed by atoms with Crippen LogP contribution in [0, 0.1) is 11.8 Å². The third-order valence-electron chi connectivity index (χ3n) is 9.96. The number of alkyl carbamates (subject to hydrolysis) is 1. The van der Waals surface area contributed by atoms with E-state index in [4.69, 9.17) is 19.2 Å². The zero-order valence-corrected chi connectivity index (χ0v) is 32.5. The van der Waals surface area contributed by atoms with Gasteiger partial charge in [0.2, 0.25) is 11.8 Å². The van der Waals surface area contributed by atoms with Gasteiger partial charge in [-0.15, -0.1) is 23.5 Å². The van der Waals surface area contributed by atoms with Crippen LogP contribution < -0.4 is 25.4 Å². The van der Waals surface area contributed by atoms with E-state index >= 15 is 0 Å². The van der Waals surface area contributed by atoms with Gasteiger partial charge in [0.15, 0.2) is 23.0 Å². The number of fused-ring (bicyclic) bond motifs is 2. The Kier molecular flexibility index (Phi) is 12.8. The molecule has 1 aromatic heterocycles. The van der Waals surface area contributed by atoms with Gasteiger partial charge in [-0.2, -0.15) is 0 Å². The molecule has 5 atom stereocenters. The number of amides is 3. The fourth-order valence-corrected chi connectivity index (χ4v) is 8.22. The van der Waals surface area contributed by atoms with Crippen LogP contribution in [0.3, 0.4) is 0 Å². The first-order valence-electron chi connectivity index (χ1n) is 18.2. The van der Waals surface area contributed by atoms with Gasteiger partial charge in [0.05, 0.1) is 49.4 Å². The van der Waals surface area contributed by atoms with Gasteiger partial charge in [-0.3, -0.25) is 14.6 Å². The summed E-state index contributed by atoms with van der Waals surface area (Å²) in [6.45, 7) is 8.66. The summed E-state index contributed by atoms with van der Waals surface area (Å²) in [6.07, 6.45) is 4.28. The highest BCUT2D eigenvalue weighted by Gasteiger charge is 2.40. The zero-order chi connectivity index (χ0) is 37.5. The van der Waals surface area contributed by atoms with Crippen molar-refractivity contribution in [1.82, 2.24) is 30.8 Å². The number of ether oxygens (including phenoxy) is 3. The van der Waals surface area contributed by atoms with Crippen LogP contribution in [0.2, 0.25) is 0 Å². The highest BCUT2D eigenvalue weighted by Crippen LogP contribution is 2.47. The number of aryl methyl sites for hydroxylation is 1. The van der Waals surface area contributed by atoms with E-state index in [-0.39, 0.29) is 29.8 Å². The van der Waals surface area contributed by atoms with Crippen LogP contribution in [0.1, 0.15) is 64.4 Å². The first-order valence-corrected chi connectivity index (χ1v) is 20.5. The average Bonchev–Trinajstić information content (AvgIpc) is 3.96. The number of thioether (sulfide) groups is 2. The molecule has 0 bridgehead atoms. The van der Waals surface area contributed by atoms with E-state index in [0.29, 0.717) is 59.4 Å². The second kappa shape index (κ2) is 17.6. The number of nitrogens with one attached hydrogen (secondary N) is 4. The zero-order valence-electron chi connectivity index (χ0n) is 30.9. The summed E-state index contributed by atoms with van der Waals surface area (Å²) in [5, 5.41) is 9.29. The minimum atomic E-state index is -0.680. The fourth-order valence-electron chi connectivity index (χ4n) is 6.31. The Labute approximate surface area is 319 Å². The lowest BCUT2D eigenvalue weighted by Crippen LogP contribution is -2.55. The predicted octanol–water partition coefficient (Wildman–Crippen LogP) is 6.48. The molecule has 1 unspecified atom stereocenters. The smallest absolute Gasteiger partial charge is 0.407 e. The van der Waals surface area contributed by atoms with Gasteiger partial charge in [0.1, 0.15) is 17.7 Å². The van der Waals surface area contributed by atoms with Gasteiger partial charge < -0.3 is 40.0 Å². The Morgan fingerprint density at radius 1 is 1.08 bits per heavy atom. The summed E-state index contributed by atoms with van der Waals surface area (Å²) in [5.41, 5.74) is 2.82. The van der Waals surface area contributed by atoms with Crippen LogP contribution in [0.4, 0.5) is 4.79 Å². The van der Waals surface area contributed by atoms with Crippen molar-refractivity contribution < 1.29 is 28.6 Å². The standard InChI is InChI=1S/C38H49N7O6S2/c1-6-22(3)14-34(46)41-20-52-13-12-33-39-17-26(42-33)24-8-10-29-31(15-24)50-30-11-9-25(16-32(30)51-29)27-18-40-36(43-27)28-19-53-21-45(28)37(47)35(23(4)7-2)44-38(48)49-5/h8-11,15-17,22-23,27-28,35H,6-7,12-14,18-21H2,1-5H3,(H,39,42)(H,40,43)(H,41,46)(H,44,48)/t22-,23-,27?,28-,35-/m0/s1. The summed E-state index contributed by atoms with van der Waals surface area (Å²) in [4.78, 5) is 52.4. The lowest BCUT2D eigenvalue weighted by Gasteiger charge is -2.31. The minimum Gasteiger partial charge on any atom is -0.453 e. The SMILES string of the molecule is CC[C@H](C)CC(=O)NCSCCc1ncc(-c2ccc3c(c2)Oc2ccc(C4CN=C([C@@H]5CSCN5C(=O)[C@@H](NC(=O)OC)[C@@H](C)CC)N4)cc2O3)[nH]1. The lowest BCUT2D eigenvalue weighted by atomic mass is 9.97. The van der Waals surface area contributed by atoms with Crippen LogP contribution in [0.25, 0.3) is 11.3 Å². The maximum Gasteiger partial charge on any atom is 0.407 e. The number of hydrogen-bond donors (Lipinski definition) is 4. The number of carbonyl (C=O) groups is 3. The number of aromatic nitrogens is 2. The van der Waals surface area contributed by atoms with Crippen molar-refractivity contribution in [3.63, 3.8) is 0 Å². The number of amidine groups is 1. The largest absolute Gasteiger partial charge is 0.453 e. The third kappa shape index (κ3) is 9.23. The van der Waals surface area contributed by atoms with Gasteiger partial charge in [-0.05, 0) is 47.7 Å². The molecule has 15 heteroatoms. The summed E-state index contributed by atoms with van der Waals surface area (Å²) in [5.74, 6) is 7.12. The molecule has 6 rings (SSSR count). The number of rotatable bonds is 15. The van der Waals surface area contributed by atoms with E-state index in [1.165, 1.54) is 7.11 Å². The van der Waals surface area contributed by atoms with E-state index in [1.807, 2.05) is 61.3 Å². The number of aromatic amines is 1. The molecule has 284 valence electrons. The quantitative estimate of drug-likeness (QED) is 0.0781. The Morgan fingerprint density at radius 3 is 2.60 bits per heavy atom. The van der Waals surface area contributed by atoms with Crippen molar-refractivity contribution in [1.29, 1.82) is 0 Å². The van der Waals surface area contributed by atoms with Gasteiger partial charge >= 0.3 is 6.09 Å². The third-order valence-corrected chi connectivity index (χ3v) is 11.8. The molecule has 3 aliphatic heterocycles. The Morgan fingerprint density at radius 2 is 1.85 bits per heavy atom. The van der Waals surface area contributed by atoms with Gasteiger partial charge in [0, 0.05) is 29.9 Å². The second-order valence-corrected chi connectivity index (χ2v) is 15.8. The topological polar surface area (TPSA) is 159 Å². The molecule has 4 N–H and O–H groups in total. The van der Waals surface area contributed by atoms with Crippen molar-refractivity contribution in [3.05, 3.63) is 54.0 Å². The highest BCUT2D eigenvalue weighted by molar-refractivity contribution is 7.99. The van der Waals surface area contributed by atoms with E-state index in [1.54, 1.807) is 23.5 Å². The van der Waals surface area contributed by atoms with Crippen LogP contribution in [0.15, 0.2) is 47.6 Å². The number of aliphatic imine (C=N–C) groups is 1. The van der Waals surface area contributed by atoms with Crippen molar-refractivity contribution in [3.8, 4) is 34.3 Å². The maximum atomic E-state index is 13.7. The van der Waals surface area contributed by atoms with Gasteiger partial charge in [0.25, 0.3) is 0 Å². The molecule has 0 radical (unpaired) electrons. The van der Waals surface area contributed by atoms with Crippen molar-refractivity contribution >= 4 is 47.3 Å². The molecule has 1 fully saturated rings. The highest BCUT2D eigenvalue weighted by atomic mass is 32.2. The van der Waals surface area contributed by atoms with Crippen LogP contribution in [-0.4, -0.2) is 87.6 Å². The second-order valence-electron chi connectivity index (χ2n) is 13.7. The van der Waals surface area contributed by atoms with Crippen LogP contribution in [-0.2, 0) is 20.7 Å². The van der Waals surface area contributed by atoms with Crippen molar-refractivity contribution in [2.24, 2.45) is 16.8 Å². The number of nitrogens with zero attached hydrogens (tertiary/aromatic N) is 3. The monoisotopic (exact) mass is 763 g/mol. The van der Waals surface area contributed by atoms with Gasteiger partial charge in [-0.1, -0.05) is 46.6 Å². The number of benzene rings is 2. The minimum absolute atomic E-state index is 0.0569. The predicted molar refractivity (Wildman–Crippen MR) is 209 cm³/mol. The number of imidazole rings is 1. The molecule has 13 nitrogen and oxygen atoms in total. The molecule has 3 aliphatic rings. The normalized spacial score (nSPS) is 19.0. The van der Waals surface area contributed by atoms with Crippen LogP contribution in [0.5, 0.6) is 23.0 Å². The molecule has 0 spiro atoms. The first-order chi connectivity index (χ1) is 25.7. The Hall–Kier alpha value is -4.37. The molecule has 0 saturated carbocycles. The molecular weight excluding hydrogens is 715 g/mol. The molecule has 3 amide bonds. The molecule has 2 aromatic carbocycles. The summed E-state index contributed by atoms with van der Waals surface area (Å²) >= 11 is 3.35. The van der Waals surface area contributed by atoms with E-state index < -0.39 is 12.1 Å².